The molecule has 25 heavy (non-hydrogen) atoms. The smallest absolute Gasteiger partial charge is 0.240 e. The zero-order chi connectivity index (χ0) is 18.7. The Hall–Kier alpha value is -1.90. The Labute approximate surface area is 149 Å². The highest BCUT2D eigenvalue weighted by Gasteiger charge is 2.19. The van der Waals surface area contributed by atoms with Crippen molar-refractivity contribution in [2.24, 2.45) is 0 Å². The summed E-state index contributed by atoms with van der Waals surface area (Å²) in [5, 5.41) is 0. The summed E-state index contributed by atoms with van der Waals surface area (Å²) in [6.45, 7) is 3.71. The highest BCUT2D eigenvalue weighted by atomic mass is 32.2. The van der Waals surface area contributed by atoms with E-state index < -0.39 is 20.0 Å². The van der Waals surface area contributed by atoms with Crippen LogP contribution in [0.15, 0.2) is 53.4 Å². The maximum atomic E-state index is 12.3. The van der Waals surface area contributed by atoms with Crippen molar-refractivity contribution in [3.05, 3.63) is 59.7 Å². The molecule has 2 aromatic rings. The van der Waals surface area contributed by atoms with Crippen LogP contribution in [0.3, 0.4) is 0 Å². The number of hydrogen-bond acceptors (Lipinski definition) is 4. The lowest BCUT2D eigenvalue weighted by molar-refractivity contribution is 0.578. The van der Waals surface area contributed by atoms with Crippen LogP contribution in [-0.2, 0) is 20.0 Å². The molecule has 8 heteroatoms. The molecule has 0 atom stereocenters. The first-order valence-electron chi connectivity index (χ1n) is 7.70. The first-order chi connectivity index (χ1) is 11.6. The highest BCUT2D eigenvalue weighted by Crippen LogP contribution is 2.18. The lowest BCUT2D eigenvalue weighted by Gasteiger charge is -2.23. The van der Waals surface area contributed by atoms with Gasteiger partial charge in [-0.2, -0.15) is 0 Å². The summed E-state index contributed by atoms with van der Waals surface area (Å²) in [5.74, 6) is 0. The molecule has 0 aliphatic carbocycles. The molecule has 0 heterocycles. The minimum absolute atomic E-state index is 0.00732. The van der Waals surface area contributed by atoms with Crippen molar-refractivity contribution in [1.29, 1.82) is 0 Å². The number of benzene rings is 2. The molecule has 0 saturated heterocycles. The molecule has 2 rings (SSSR count). The van der Waals surface area contributed by atoms with Crippen LogP contribution in [0.4, 0.5) is 5.69 Å². The molecule has 136 valence electrons. The van der Waals surface area contributed by atoms with Crippen LogP contribution in [0.2, 0.25) is 0 Å². The highest BCUT2D eigenvalue weighted by molar-refractivity contribution is 7.92. The molecule has 6 nitrogen and oxygen atoms in total. The SMILES string of the molecule is Cc1ccc(S(=O)(=O)NCCN(c2cccc(C)c2)S(C)(=O)=O)cc1. The number of rotatable bonds is 7. The van der Waals surface area contributed by atoms with E-state index in [2.05, 4.69) is 4.72 Å². The summed E-state index contributed by atoms with van der Waals surface area (Å²) in [5.41, 5.74) is 2.39. The second-order valence-electron chi connectivity index (χ2n) is 5.88. The summed E-state index contributed by atoms with van der Waals surface area (Å²) in [7, 11) is -7.20. The molecule has 0 aromatic heterocycles. The monoisotopic (exact) mass is 382 g/mol. The van der Waals surface area contributed by atoms with E-state index in [0.29, 0.717) is 5.69 Å². The van der Waals surface area contributed by atoms with Gasteiger partial charge >= 0.3 is 0 Å². The van der Waals surface area contributed by atoms with Gasteiger partial charge in [0, 0.05) is 13.1 Å². The van der Waals surface area contributed by atoms with Gasteiger partial charge in [0.1, 0.15) is 0 Å². The lowest BCUT2D eigenvalue weighted by Crippen LogP contribution is -2.38. The van der Waals surface area contributed by atoms with E-state index in [1.54, 1.807) is 30.3 Å². The van der Waals surface area contributed by atoms with Crippen molar-refractivity contribution >= 4 is 25.7 Å². The fraction of sp³-hybridized carbons (Fsp3) is 0.294. The van der Waals surface area contributed by atoms with Gasteiger partial charge in [-0.05, 0) is 43.7 Å². The second kappa shape index (κ2) is 7.55. The zero-order valence-corrected chi connectivity index (χ0v) is 16.1. The summed E-state index contributed by atoms with van der Waals surface area (Å²) in [6.07, 6.45) is 1.10. The number of nitrogens with zero attached hydrogens (tertiary/aromatic N) is 1. The Balaban J connectivity index is 2.12. The molecule has 0 amide bonds. The first-order valence-corrected chi connectivity index (χ1v) is 11.0. The topological polar surface area (TPSA) is 83.6 Å². The van der Waals surface area contributed by atoms with Crippen LogP contribution >= 0.6 is 0 Å². The molecule has 1 N–H and O–H groups in total. The predicted octanol–water partition coefficient (Wildman–Crippen LogP) is 2.05. The lowest BCUT2D eigenvalue weighted by atomic mass is 10.2. The number of hydrogen-bond donors (Lipinski definition) is 1. The van der Waals surface area contributed by atoms with E-state index in [4.69, 9.17) is 0 Å². The Morgan fingerprint density at radius 1 is 0.920 bits per heavy atom. The van der Waals surface area contributed by atoms with Crippen molar-refractivity contribution in [2.75, 3.05) is 23.7 Å². The molecular formula is C17H22N2O4S2. The molecule has 0 aliphatic heterocycles. The maximum Gasteiger partial charge on any atom is 0.240 e. The fourth-order valence-electron chi connectivity index (χ4n) is 2.35. The van der Waals surface area contributed by atoms with Crippen LogP contribution in [0.25, 0.3) is 0 Å². The largest absolute Gasteiger partial charge is 0.269 e. The number of nitrogens with one attached hydrogen (secondary N) is 1. The molecule has 0 aliphatic rings. The average Bonchev–Trinajstić information content (AvgIpc) is 2.50. The molecule has 0 fully saturated rings. The number of aryl methyl sites for hydroxylation is 2. The Kier molecular flexibility index (Phi) is 5.87. The van der Waals surface area contributed by atoms with Crippen molar-refractivity contribution in [3.8, 4) is 0 Å². The van der Waals surface area contributed by atoms with Gasteiger partial charge < -0.3 is 0 Å². The molecule has 0 unspecified atom stereocenters. The zero-order valence-electron chi connectivity index (χ0n) is 14.4. The second-order valence-corrected chi connectivity index (χ2v) is 9.56. The van der Waals surface area contributed by atoms with Crippen molar-refractivity contribution in [3.63, 3.8) is 0 Å². The van der Waals surface area contributed by atoms with Gasteiger partial charge in [-0.3, -0.25) is 4.31 Å². The van der Waals surface area contributed by atoms with Gasteiger partial charge in [0.25, 0.3) is 0 Å². The van der Waals surface area contributed by atoms with Crippen LogP contribution in [0.1, 0.15) is 11.1 Å². The van der Waals surface area contributed by atoms with Crippen LogP contribution in [0.5, 0.6) is 0 Å². The quantitative estimate of drug-likeness (QED) is 0.794. The summed E-state index contributed by atoms with van der Waals surface area (Å²) in [6, 6.07) is 13.5. The third-order valence-corrected chi connectivity index (χ3v) is 6.30. The number of sulfonamides is 2. The van der Waals surface area contributed by atoms with E-state index in [9.17, 15) is 16.8 Å². The Morgan fingerprint density at radius 3 is 2.12 bits per heavy atom. The van der Waals surface area contributed by atoms with Gasteiger partial charge in [0.15, 0.2) is 0 Å². The molecule has 0 spiro atoms. The molecule has 0 saturated carbocycles. The van der Waals surface area contributed by atoms with Crippen LogP contribution in [0, 0.1) is 13.8 Å². The van der Waals surface area contributed by atoms with Crippen molar-refractivity contribution < 1.29 is 16.8 Å². The van der Waals surface area contributed by atoms with E-state index in [-0.39, 0.29) is 18.0 Å². The van der Waals surface area contributed by atoms with Crippen molar-refractivity contribution in [2.45, 2.75) is 18.7 Å². The molecule has 2 aromatic carbocycles. The molecule has 0 bridgehead atoms. The predicted molar refractivity (Wildman–Crippen MR) is 99.7 cm³/mol. The summed E-state index contributed by atoms with van der Waals surface area (Å²) < 4.78 is 52.3. The van der Waals surface area contributed by atoms with Crippen LogP contribution in [-0.4, -0.2) is 36.2 Å². The Bertz CT molecular complexity index is 937. The minimum atomic E-state index is -3.68. The van der Waals surface area contributed by atoms with Crippen molar-refractivity contribution in [1.82, 2.24) is 4.72 Å². The number of anilines is 1. The third-order valence-electron chi connectivity index (χ3n) is 3.63. The molecule has 0 radical (unpaired) electrons. The fourth-order valence-corrected chi connectivity index (χ4v) is 4.29. The standard InChI is InChI=1S/C17H22N2O4S2/c1-14-7-9-17(10-8-14)25(22,23)18-11-12-19(24(3,20)21)16-6-4-5-15(2)13-16/h4-10,13,18H,11-12H2,1-3H3. The van der Waals surface area contributed by atoms with Gasteiger partial charge in [0.05, 0.1) is 16.8 Å². The Morgan fingerprint density at radius 2 is 1.56 bits per heavy atom. The minimum Gasteiger partial charge on any atom is -0.269 e. The van der Waals surface area contributed by atoms with Gasteiger partial charge in [-0.25, -0.2) is 21.6 Å². The van der Waals surface area contributed by atoms with E-state index in [0.717, 1.165) is 17.4 Å². The summed E-state index contributed by atoms with van der Waals surface area (Å²) in [4.78, 5) is 0.152. The van der Waals surface area contributed by atoms with E-state index >= 15 is 0 Å². The average molecular weight is 383 g/mol. The van der Waals surface area contributed by atoms with Gasteiger partial charge in [-0.1, -0.05) is 29.8 Å². The normalized spacial score (nSPS) is 12.1. The third kappa shape index (κ3) is 5.29. The van der Waals surface area contributed by atoms with Gasteiger partial charge in [0.2, 0.25) is 20.0 Å². The van der Waals surface area contributed by atoms with E-state index in [1.165, 1.54) is 16.4 Å². The van der Waals surface area contributed by atoms with E-state index in [1.807, 2.05) is 19.9 Å². The molecular weight excluding hydrogens is 360 g/mol. The van der Waals surface area contributed by atoms with Crippen LogP contribution < -0.4 is 9.03 Å². The van der Waals surface area contributed by atoms with Gasteiger partial charge in [-0.15, -0.1) is 0 Å². The maximum absolute atomic E-state index is 12.3. The first kappa shape index (κ1) is 19.4. The summed E-state index contributed by atoms with van der Waals surface area (Å²) >= 11 is 0.